The number of para-hydroxylation sites is 1. The summed E-state index contributed by atoms with van der Waals surface area (Å²) in [6.45, 7) is 8.35. The molecule has 0 N–H and O–H groups in total. The maximum atomic E-state index is 13.5. The van der Waals surface area contributed by atoms with Gasteiger partial charge in [0.2, 0.25) is 0 Å². The predicted molar refractivity (Wildman–Crippen MR) is 150 cm³/mol. The van der Waals surface area contributed by atoms with E-state index in [0.717, 1.165) is 70.2 Å². The van der Waals surface area contributed by atoms with Crippen molar-refractivity contribution in [3.8, 4) is 5.75 Å². The molecule has 2 fully saturated rings. The van der Waals surface area contributed by atoms with Crippen molar-refractivity contribution in [3.05, 3.63) is 47.3 Å². The Hall–Kier alpha value is -2.87. The molecular weight excluding hydrogens is 492 g/mol. The Morgan fingerprint density at radius 1 is 1.10 bits per heavy atom. The molecule has 0 saturated carbocycles. The van der Waals surface area contributed by atoms with E-state index in [-0.39, 0.29) is 23.3 Å². The highest BCUT2D eigenvalue weighted by molar-refractivity contribution is 5.97. The monoisotopic (exact) mass is 536 g/mol. The normalized spacial score (nSPS) is 22.4. The van der Waals surface area contributed by atoms with E-state index in [2.05, 4.69) is 18.9 Å². The number of aryl methyl sites for hydroxylation is 1. The number of carbonyl (C=O) groups excluding carboxylic acids is 2. The molecule has 2 amide bonds. The van der Waals surface area contributed by atoms with E-state index in [1.807, 2.05) is 47.2 Å². The van der Waals surface area contributed by atoms with Gasteiger partial charge in [-0.15, -0.1) is 0 Å². The van der Waals surface area contributed by atoms with Gasteiger partial charge >= 0.3 is 0 Å². The summed E-state index contributed by atoms with van der Waals surface area (Å²) in [5.41, 5.74) is 2.23. The molecule has 212 valence electrons. The van der Waals surface area contributed by atoms with Crippen molar-refractivity contribution in [1.82, 2.24) is 19.6 Å². The van der Waals surface area contributed by atoms with Gasteiger partial charge in [-0.1, -0.05) is 32.4 Å². The minimum absolute atomic E-state index is 0.0382. The average molecular weight is 537 g/mol. The lowest BCUT2D eigenvalue weighted by Gasteiger charge is -2.42. The molecule has 1 aromatic carbocycles. The van der Waals surface area contributed by atoms with Gasteiger partial charge in [0.1, 0.15) is 11.4 Å². The van der Waals surface area contributed by atoms with Gasteiger partial charge in [0, 0.05) is 38.7 Å². The molecule has 4 heterocycles. The summed E-state index contributed by atoms with van der Waals surface area (Å²) in [4.78, 5) is 30.9. The lowest BCUT2D eigenvalue weighted by molar-refractivity contribution is 0.0298. The second-order valence-electron chi connectivity index (χ2n) is 12.1. The summed E-state index contributed by atoms with van der Waals surface area (Å²) in [7, 11) is 1.86. The number of fused-ring (bicyclic) bond motifs is 2. The zero-order chi connectivity index (χ0) is 27.4. The predicted octanol–water partition coefficient (Wildman–Crippen LogP) is 4.73. The molecule has 0 radical (unpaired) electrons. The number of piperidine rings is 1. The first-order valence-corrected chi connectivity index (χ1v) is 14.8. The zero-order valence-electron chi connectivity index (χ0n) is 23.9. The zero-order valence-corrected chi connectivity index (χ0v) is 23.9. The smallest absolute Gasteiger partial charge is 0.272 e. The standard InChI is InChI=1S/C31H44N4O4/c1-23(2)19-24-20-27(33(3)32-24)30(37)34-16-13-31(14-17-34)12-6-7-18-38-21-25-9-8-15-35(25)29(36)26-10-4-5-11-28(26)39-22-31/h4-5,10-11,20,23,25H,6-9,12-19,21-22H2,1-3H3/t25-/m0/s1. The third-order valence-corrected chi connectivity index (χ3v) is 8.72. The van der Waals surface area contributed by atoms with Crippen molar-refractivity contribution < 1.29 is 19.1 Å². The minimum atomic E-state index is -0.0392. The highest BCUT2D eigenvalue weighted by Gasteiger charge is 2.38. The minimum Gasteiger partial charge on any atom is -0.492 e. The van der Waals surface area contributed by atoms with Crippen molar-refractivity contribution in [2.45, 2.75) is 71.3 Å². The molecular formula is C31H44N4O4. The van der Waals surface area contributed by atoms with Crippen molar-refractivity contribution in [2.24, 2.45) is 18.4 Å². The van der Waals surface area contributed by atoms with Crippen molar-refractivity contribution in [1.29, 1.82) is 0 Å². The molecule has 1 aromatic heterocycles. The Kier molecular flexibility index (Phi) is 8.60. The van der Waals surface area contributed by atoms with E-state index in [9.17, 15) is 9.59 Å². The van der Waals surface area contributed by atoms with Gasteiger partial charge in [-0.05, 0) is 69.1 Å². The van der Waals surface area contributed by atoms with Crippen LogP contribution in [-0.4, -0.2) is 76.9 Å². The molecule has 8 nitrogen and oxygen atoms in total. The molecule has 39 heavy (non-hydrogen) atoms. The van der Waals surface area contributed by atoms with Crippen molar-refractivity contribution in [2.75, 3.05) is 39.5 Å². The maximum absolute atomic E-state index is 13.5. The molecule has 0 aliphatic carbocycles. The Morgan fingerprint density at radius 3 is 2.69 bits per heavy atom. The summed E-state index contributed by atoms with van der Waals surface area (Å²) < 4.78 is 14.3. The fraction of sp³-hybridized carbons (Fsp3) is 0.645. The number of rotatable bonds is 3. The Balaban J connectivity index is 1.30. The van der Waals surface area contributed by atoms with Gasteiger partial charge in [-0.2, -0.15) is 5.10 Å². The van der Waals surface area contributed by atoms with Crippen LogP contribution in [0, 0.1) is 11.3 Å². The number of benzene rings is 1. The van der Waals surface area contributed by atoms with Gasteiger partial charge in [-0.25, -0.2) is 0 Å². The summed E-state index contributed by atoms with van der Waals surface area (Å²) in [5, 5.41) is 4.58. The molecule has 1 atom stereocenters. The van der Waals surface area contributed by atoms with E-state index >= 15 is 0 Å². The van der Waals surface area contributed by atoms with Crippen LogP contribution in [0.15, 0.2) is 30.3 Å². The van der Waals surface area contributed by atoms with Gasteiger partial charge in [0.25, 0.3) is 11.8 Å². The Labute approximate surface area is 232 Å². The first-order valence-electron chi connectivity index (χ1n) is 14.8. The first-order chi connectivity index (χ1) is 18.8. The highest BCUT2D eigenvalue weighted by Crippen LogP contribution is 2.38. The number of hydrogen-bond donors (Lipinski definition) is 0. The molecule has 0 unspecified atom stereocenters. The Bertz CT molecular complexity index is 1150. The largest absolute Gasteiger partial charge is 0.492 e. The van der Waals surface area contributed by atoms with E-state index in [0.29, 0.717) is 49.2 Å². The lowest BCUT2D eigenvalue weighted by Crippen LogP contribution is -2.46. The van der Waals surface area contributed by atoms with Crippen LogP contribution in [0.4, 0.5) is 0 Å². The fourth-order valence-electron chi connectivity index (χ4n) is 6.41. The quantitative estimate of drug-likeness (QED) is 0.567. The first kappa shape index (κ1) is 27.7. The molecule has 0 bridgehead atoms. The summed E-state index contributed by atoms with van der Waals surface area (Å²) in [6.07, 6.45) is 7.70. The van der Waals surface area contributed by atoms with Crippen LogP contribution in [0.1, 0.15) is 85.3 Å². The number of hydrogen-bond acceptors (Lipinski definition) is 5. The molecule has 8 heteroatoms. The van der Waals surface area contributed by atoms with Crippen molar-refractivity contribution in [3.63, 3.8) is 0 Å². The number of nitrogens with zero attached hydrogens (tertiary/aromatic N) is 4. The molecule has 3 aliphatic rings. The van der Waals surface area contributed by atoms with Crippen LogP contribution in [0.2, 0.25) is 0 Å². The average Bonchev–Trinajstić information content (AvgIpc) is 3.54. The SMILES string of the molecule is CC(C)Cc1cc(C(=O)N2CCC3(CCCCOC[C@@H]4CCCN4C(=O)c4ccccc4OC3)CC2)n(C)n1. The maximum Gasteiger partial charge on any atom is 0.272 e. The molecule has 2 saturated heterocycles. The number of ether oxygens (including phenoxy) is 2. The molecule has 5 rings (SSSR count). The van der Waals surface area contributed by atoms with Gasteiger partial charge < -0.3 is 19.3 Å². The van der Waals surface area contributed by atoms with Crippen LogP contribution >= 0.6 is 0 Å². The van der Waals surface area contributed by atoms with Crippen LogP contribution in [-0.2, 0) is 18.2 Å². The summed E-state index contributed by atoms with van der Waals surface area (Å²) in [6, 6.07) is 9.75. The third-order valence-electron chi connectivity index (χ3n) is 8.72. The summed E-state index contributed by atoms with van der Waals surface area (Å²) in [5.74, 6) is 1.25. The number of likely N-dealkylation sites (tertiary alicyclic amines) is 1. The second kappa shape index (κ2) is 12.1. The molecule has 1 spiro atoms. The molecule has 3 aliphatic heterocycles. The van der Waals surface area contributed by atoms with Gasteiger partial charge in [-0.3, -0.25) is 14.3 Å². The summed E-state index contributed by atoms with van der Waals surface area (Å²) >= 11 is 0. The van der Waals surface area contributed by atoms with Crippen molar-refractivity contribution >= 4 is 11.8 Å². The van der Waals surface area contributed by atoms with E-state index < -0.39 is 0 Å². The van der Waals surface area contributed by atoms with E-state index in [4.69, 9.17) is 9.47 Å². The van der Waals surface area contributed by atoms with Crippen LogP contribution in [0.3, 0.4) is 0 Å². The highest BCUT2D eigenvalue weighted by atomic mass is 16.5. The molecule has 2 aromatic rings. The second-order valence-corrected chi connectivity index (χ2v) is 12.1. The fourth-order valence-corrected chi connectivity index (χ4v) is 6.41. The van der Waals surface area contributed by atoms with E-state index in [1.165, 1.54) is 0 Å². The van der Waals surface area contributed by atoms with Crippen LogP contribution < -0.4 is 4.74 Å². The lowest BCUT2D eigenvalue weighted by atomic mass is 9.75. The number of amides is 2. The van der Waals surface area contributed by atoms with Gasteiger partial charge in [0.05, 0.1) is 30.5 Å². The number of aromatic nitrogens is 2. The van der Waals surface area contributed by atoms with E-state index in [1.54, 1.807) is 4.68 Å². The van der Waals surface area contributed by atoms with Gasteiger partial charge in [0.15, 0.2) is 0 Å². The Morgan fingerprint density at radius 2 is 1.90 bits per heavy atom. The van der Waals surface area contributed by atoms with Crippen LogP contribution in [0.5, 0.6) is 5.75 Å². The third kappa shape index (κ3) is 6.32. The topological polar surface area (TPSA) is 76.9 Å². The number of carbonyl (C=O) groups is 2. The van der Waals surface area contributed by atoms with Crippen LogP contribution in [0.25, 0.3) is 0 Å².